The quantitative estimate of drug-likeness (QED) is 0.0876. The lowest BCUT2D eigenvalue weighted by Gasteiger charge is -2.38. The molecule has 3 aliphatic rings. The molecule has 7 rings (SSSR count). The average molecular weight is 735 g/mol. The number of benzene rings is 4. The summed E-state index contributed by atoms with van der Waals surface area (Å²) in [6, 6.07) is 21.7. The summed E-state index contributed by atoms with van der Waals surface area (Å²) in [5, 5.41) is 40.8. The molecule has 1 saturated heterocycles. The van der Waals surface area contributed by atoms with E-state index in [2.05, 4.69) is 11.4 Å². The third kappa shape index (κ3) is 6.89. The van der Waals surface area contributed by atoms with E-state index in [1.807, 2.05) is 30.3 Å². The average Bonchev–Trinajstić information content (AvgIpc) is 3.44. The highest BCUT2D eigenvalue weighted by Gasteiger charge is 2.44. The number of likely N-dealkylation sites (tertiary alicyclic amines) is 1. The minimum Gasteiger partial charge on any atom is -0.504 e. The number of phenols is 2. The number of carbonyl (C=O) groups is 2. The molecule has 0 radical (unpaired) electrons. The van der Waals surface area contributed by atoms with Crippen molar-refractivity contribution in [2.45, 2.75) is 44.2 Å². The Morgan fingerprint density at radius 2 is 1.77 bits per heavy atom. The fourth-order valence-electron chi connectivity index (χ4n) is 7.29. The van der Waals surface area contributed by atoms with Crippen molar-refractivity contribution in [3.8, 4) is 23.0 Å². The molecule has 12 nitrogen and oxygen atoms in total. The predicted octanol–water partition coefficient (Wildman–Crippen LogP) is 6.03. The summed E-state index contributed by atoms with van der Waals surface area (Å²) in [6.07, 6.45) is 1.24. The van der Waals surface area contributed by atoms with Crippen LogP contribution < -0.4 is 19.7 Å². The van der Waals surface area contributed by atoms with Crippen molar-refractivity contribution in [2.24, 2.45) is 4.99 Å². The van der Waals surface area contributed by atoms with Crippen LogP contribution in [0.3, 0.4) is 0 Å². The summed E-state index contributed by atoms with van der Waals surface area (Å²) in [4.78, 5) is 35.0. The molecule has 1 fully saturated rings. The number of hydrogen-bond donors (Lipinski definition) is 5. The number of halogens is 1. The van der Waals surface area contributed by atoms with Crippen LogP contribution in [-0.4, -0.2) is 77.2 Å². The fraction of sp³-hybridized carbons (Fsp3) is 0.275. The third-order valence-corrected chi connectivity index (χ3v) is 10.5. The molecular formula is C40H39ClN6O6. The van der Waals surface area contributed by atoms with E-state index in [9.17, 15) is 19.8 Å². The normalized spacial score (nSPS) is 17.3. The second-order valence-corrected chi connectivity index (χ2v) is 14.0. The van der Waals surface area contributed by atoms with E-state index < -0.39 is 6.04 Å². The summed E-state index contributed by atoms with van der Waals surface area (Å²) in [5.74, 6) is 0.381. The van der Waals surface area contributed by atoms with E-state index in [1.54, 1.807) is 43.2 Å². The van der Waals surface area contributed by atoms with Gasteiger partial charge in [-0.1, -0.05) is 29.8 Å². The largest absolute Gasteiger partial charge is 0.504 e. The van der Waals surface area contributed by atoms with Gasteiger partial charge in [0.25, 0.3) is 5.91 Å². The van der Waals surface area contributed by atoms with Crippen molar-refractivity contribution in [2.75, 3.05) is 31.7 Å². The second kappa shape index (κ2) is 14.3. The van der Waals surface area contributed by atoms with Gasteiger partial charge < -0.3 is 29.9 Å². The molecule has 1 spiro atoms. The molecule has 4 aromatic carbocycles. The zero-order valence-electron chi connectivity index (χ0n) is 29.3. The van der Waals surface area contributed by atoms with Gasteiger partial charge in [-0.25, -0.2) is 0 Å². The SMILES string of the molecule is COc1ccc2c(c1)C(c1ccc(Cl)cc1)=N[C@@H](CC(=O)NCc1ccc3c(c1)C1(CCN(C(=O)c4ccc(O)c(O)c4)CC1)CO3)C(=N)N2C(C)=N. The Bertz CT molecular complexity index is 2160. The first kappa shape index (κ1) is 35.5. The minimum absolute atomic E-state index is 0.00619. The molecule has 0 saturated carbocycles. The summed E-state index contributed by atoms with van der Waals surface area (Å²) >= 11 is 6.20. The summed E-state index contributed by atoms with van der Waals surface area (Å²) in [5.41, 5.74) is 4.52. The van der Waals surface area contributed by atoms with Gasteiger partial charge in [-0.3, -0.25) is 30.3 Å². The molecule has 3 aliphatic heterocycles. The van der Waals surface area contributed by atoms with Gasteiger partial charge in [0, 0.05) is 52.3 Å². The van der Waals surface area contributed by atoms with Crippen LogP contribution in [0.5, 0.6) is 23.0 Å². The lowest BCUT2D eigenvalue weighted by molar-refractivity contribution is -0.121. The number of aromatic hydroxyl groups is 2. The highest BCUT2D eigenvalue weighted by atomic mass is 35.5. The molecule has 0 unspecified atom stereocenters. The van der Waals surface area contributed by atoms with Gasteiger partial charge in [-0.05, 0) is 86.0 Å². The Morgan fingerprint density at radius 3 is 2.47 bits per heavy atom. The zero-order valence-corrected chi connectivity index (χ0v) is 30.0. The van der Waals surface area contributed by atoms with Crippen LogP contribution in [-0.2, 0) is 16.8 Å². The Labute approximate surface area is 311 Å². The fourth-order valence-corrected chi connectivity index (χ4v) is 7.42. The Balaban J connectivity index is 1.07. The second-order valence-electron chi connectivity index (χ2n) is 13.6. The van der Waals surface area contributed by atoms with E-state index in [0.717, 1.165) is 22.4 Å². The summed E-state index contributed by atoms with van der Waals surface area (Å²) < 4.78 is 11.6. The Morgan fingerprint density at radius 1 is 1.02 bits per heavy atom. The number of phenolic OH excluding ortho intramolecular Hbond substituents is 2. The van der Waals surface area contributed by atoms with Gasteiger partial charge in [0.05, 0.1) is 31.5 Å². The topological polar surface area (TPSA) is 172 Å². The molecule has 0 aromatic heterocycles. The number of amides is 2. The van der Waals surface area contributed by atoms with Crippen LogP contribution in [0.2, 0.25) is 5.02 Å². The Hall–Kier alpha value is -5.88. The molecule has 2 amide bonds. The van der Waals surface area contributed by atoms with Crippen LogP contribution >= 0.6 is 11.6 Å². The standard InChI is InChI=1S/C40H39ClN6O6/c1-23(42)47-32-10-9-28(52-2)19-29(32)37(25-4-7-27(41)8-5-25)45-31(38(47)43)20-36(50)44-21-24-3-12-35-30(17-24)40(22-53-35)13-15-46(16-14-40)39(51)26-6-11-33(48)34(49)18-26/h3-12,17-19,31,42-43,48-49H,13-16,20-22H2,1-2H3,(H,44,50)/t31-/m0/s1. The van der Waals surface area contributed by atoms with Gasteiger partial charge >= 0.3 is 0 Å². The number of nitrogens with one attached hydrogen (secondary N) is 3. The molecule has 53 heavy (non-hydrogen) atoms. The van der Waals surface area contributed by atoms with Gasteiger partial charge in [0.1, 0.15) is 29.2 Å². The lowest BCUT2D eigenvalue weighted by atomic mass is 9.74. The van der Waals surface area contributed by atoms with Crippen molar-refractivity contribution >= 4 is 46.5 Å². The summed E-state index contributed by atoms with van der Waals surface area (Å²) in [6.45, 7) is 3.34. The van der Waals surface area contributed by atoms with Crippen LogP contribution in [0, 0.1) is 10.8 Å². The highest BCUT2D eigenvalue weighted by Crippen LogP contribution is 2.46. The number of benzodiazepines with no additional fused rings is 1. The maximum Gasteiger partial charge on any atom is 0.253 e. The van der Waals surface area contributed by atoms with Gasteiger partial charge in [-0.2, -0.15) is 0 Å². The first-order chi connectivity index (χ1) is 25.5. The highest BCUT2D eigenvalue weighted by molar-refractivity contribution is 6.31. The molecule has 13 heteroatoms. The van der Waals surface area contributed by atoms with Gasteiger partial charge in [0.2, 0.25) is 5.91 Å². The molecule has 3 heterocycles. The Kier molecular flexibility index (Phi) is 9.56. The van der Waals surface area contributed by atoms with Crippen molar-refractivity contribution in [1.29, 1.82) is 10.8 Å². The monoisotopic (exact) mass is 734 g/mol. The minimum atomic E-state index is -0.894. The van der Waals surface area contributed by atoms with Crippen molar-refractivity contribution in [3.05, 3.63) is 112 Å². The van der Waals surface area contributed by atoms with E-state index in [4.69, 9.17) is 36.9 Å². The number of carbonyl (C=O) groups excluding carboxylic acids is 2. The van der Waals surface area contributed by atoms with E-state index in [1.165, 1.54) is 23.1 Å². The molecular weight excluding hydrogens is 696 g/mol. The van der Waals surface area contributed by atoms with E-state index >= 15 is 0 Å². The third-order valence-electron chi connectivity index (χ3n) is 10.2. The summed E-state index contributed by atoms with van der Waals surface area (Å²) in [7, 11) is 1.57. The number of ether oxygens (including phenoxy) is 2. The lowest BCUT2D eigenvalue weighted by Crippen LogP contribution is -2.46. The van der Waals surface area contributed by atoms with Crippen LogP contribution in [0.15, 0.2) is 83.9 Å². The van der Waals surface area contributed by atoms with Gasteiger partial charge in [-0.15, -0.1) is 0 Å². The van der Waals surface area contributed by atoms with Crippen molar-refractivity contribution in [3.63, 3.8) is 0 Å². The maximum atomic E-state index is 13.6. The number of anilines is 1. The first-order valence-electron chi connectivity index (χ1n) is 17.3. The smallest absolute Gasteiger partial charge is 0.253 e. The number of rotatable bonds is 7. The van der Waals surface area contributed by atoms with Crippen molar-refractivity contribution in [1.82, 2.24) is 10.2 Å². The van der Waals surface area contributed by atoms with Crippen LogP contribution in [0.1, 0.15) is 58.8 Å². The number of nitrogens with zero attached hydrogens (tertiary/aromatic N) is 3. The molecule has 272 valence electrons. The molecule has 5 N–H and O–H groups in total. The van der Waals surface area contributed by atoms with Crippen molar-refractivity contribution < 1.29 is 29.3 Å². The number of fused-ring (bicyclic) bond motifs is 3. The molecule has 0 bridgehead atoms. The predicted molar refractivity (Wildman–Crippen MR) is 202 cm³/mol. The maximum absolute atomic E-state index is 13.6. The van der Waals surface area contributed by atoms with Crippen LogP contribution in [0.25, 0.3) is 0 Å². The number of hydrogen-bond acceptors (Lipinski definition) is 9. The number of aliphatic imine (C=N–C) groups is 1. The number of amidine groups is 2. The number of methoxy groups -OCH3 is 1. The van der Waals surface area contributed by atoms with E-state index in [-0.39, 0.29) is 53.4 Å². The van der Waals surface area contributed by atoms with E-state index in [0.29, 0.717) is 65.8 Å². The molecule has 4 aromatic rings. The zero-order chi connectivity index (χ0) is 37.4. The number of piperidine rings is 1. The molecule has 1 atom stereocenters. The van der Waals surface area contributed by atoms with Gasteiger partial charge in [0.15, 0.2) is 11.5 Å². The molecule has 0 aliphatic carbocycles. The first-order valence-corrected chi connectivity index (χ1v) is 17.6. The van der Waals surface area contributed by atoms with Crippen LogP contribution in [0.4, 0.5) is 5.69 Å².